The van der Waals surface area contributed by atoms with Gasteiger partial charge in [0.05, 0.1) is 6.10 Å². The molecule has 0 spiro atoms. The van der Waals surface area contributed by atoms with Gasteiger partial charge in [-0.05, 0) is 12.8 Å². The van der Waals surface area contributed by atoms with Crippen LogP contribution >= 0.6 is 0 Å². The number of rotatable bonds is 19. The highest BCUT2D eigenvalue weighted by molar-refractivity contribution is 7.86. The van der Waals surface area contributed by atoms with Crippen molar-refractivity contribution in [2.24, 2.45) is 0 Å². The second-order valence-corrected chi connectivity index (χ2v) is 9.43. The third-order valence-corrected chi connectivity index (χ3v) is 6.55. The van der Waals surface area contributed by atoms with Gasteiger partial charge in [-0.3, -0.25) is 4.55 Å². The molecule has 2 unspecified atom stereocenters. The van der Waals surface area contributed by atoms with Crippen LogP contribution in [0.15, 0.2) is 0 Å². The maximum Gasteiger partial charge on any atom is 0.270 e. The van der Waals surface area contributed by atoms with E-state index in [1.54, 1.807) is 0 Å². The Kier molecular flexibility index (Phi) is 16.9. The van der Waals surface area contributed by atoms with Crippen LogP contribution in [0.2, 0.25) is 0 Å². The molecule has 0 amide bonds. The fourth-order valence-electron chi connectivity index (χ4n) is 3.56. The van der Waals surface area contributed by atoms with Gasteiger partial charge in [0, 0.05) is 0 Å². The van der Waals surface area contributed by atoms with Gasteiger partial charge in [-0.25, -0.2) is 0 Å². The van der Waals surface area contributed by atoms with Crippen molar-refractivity contribution in [1.82, 2.24) is 0 Å². The summed E-state index contributed by atoms with van der Waals surface area (Å²) in [4.78, 5) is 0. The Morgan fingerprint density at radius 2 is 1.00 bits per heavy atom. The molecule has 2 atom stereocenters. The van der Waals surface area contributed by atoms with Gasteiger partial charge in [0.1, 0.15) is 5.25 Å². The molecule has 0 saturated carbocycles. The zero-order valence-corrected chi connectivity index (χ0v) is 18.1. The number of hydrogen-bond donors (Lipinski definition) is 2. The Balaban J connectivity index is 3.54. The molecule has 26 heavy (non-hydrogen) atoms. The standard InChI is InChI=1S/C21H44O4S/c1-3-5-6-7-8-9-10-11-12-13-14-15-16-17-19-21(26(23,24)25)20(22)18-4-2/h20-22H,3-19H2,1-2H3,(H,23,24,25). The first-order chi connectivity index (χ1) is 12.4. The number of aliphatic hydroxyl groups excluding tert-OH is 1. The monoisotopic (exact) mass is 392 g/mol. The summed E-state index contributed by atoms with van der Waals surface area (Å²) >= 11 is 0. The highest BCUT2D eigenvalue weighted by atomic mass is 32.2. The molecule has 2 N–H and O–H groups in total. The third kappa shape index (κ3) is 15.0. The minimum atomic E-state index is -4.15. The van der Waals surface area contributed by atoms with E-state index >= 15 is 0 Å². The number of hydrogen-bond acceptors (Lipinski definition) is 3. The molecule has 0 aliphatic rings. The molecular weight excluding hydrogens is 348 g/mol. The van der Waals surface area contributed by atoms with Gasteiger partial charge < -0.3 is 5.11 Å². The Hall–Kier alpha value is -0.130. The molecule has 0 heterocycles. The SMILES string of the molecule is CCCCCCCCCCCCCCCCC(C(O)CCC)S(=O)(=O)O. The van der Waals surface area contributed by atoms with E-state index < -0.39 is 21.5 Å². The number of unbranched alkanes of at least 4 members (excludes halogenated alkanes) is 13. The highest BCUT2D eigenvalue weighted by Gasteiger charge is 2.29. The molecule has 0 rings (SSSR count). The summed E-state index contributed by atoms with van der Waals surface area (Å²) in [5.74, 6) is 0. The number of aliphatic hydroxyl groups is 1. The van der Waals surface area contributed by atoms with Gasteiger partial charge in [0.2, 0.25) is 0 Å². The minimum absolute atomic E-state index is 0.359. The summed E-state index contributed by atoms with van der Waals surface area (Å²) in [5, 5.41) is 8.90. The average Bonchev–Trinajstić information content (AvgIpc) is 2.57. The van der Waals surface area contributed by atoms with Crippen molar-refractivity contribution in [3.63, 3.8) is 0 Å². The zero-order chi connectivity index (χ0) is 19.7. The van der Waals surface area contributed by atoms with Crippen LogP contribution in [0.3, 0.4) is 0 Å². The summed E-state index contributed by atoms with van der Waals surface area (Å²) in [7, 11) is -4.15. The molecule has 0 aromatic carbocycles. The van der Waals surface area contributed by atoms with Gasteiger partial charge in [0.15, 0.2) is 0 Å². The van der Waals surface area contributed by atoms with E-state index in [4.69, 9.17) is 0 Å². The second kappa shape index (κ2) is 17.0. The molecule has 0 aromatic heterocycles. The van der Waals surface area contributed by atoms with Crippen LogP contribution in [0.4, 0.5) is 0 Å². The van der Waals surface area contributed by atoms with Crippen LogP contribution in [0.25, 0.3) is 0 Å². The topological polar surface area (TPSA) is 74.6 Å². The van der Waals surface area contributed by atoms with E-state index in [1.165, 1.54) is 70.6 Å². The van der Waals surface area contributed by atoms with Crippen molar-refractivity contribution in [2.45, 2.75) is 134 Å². The van der Waals surface area contributed by atoms with Gasteiger partial charge in [-0.1, -0.05) is 110 Å². The van der Waals surface area contributed by atoms with Crippen LogP contribution in [0.5, 0.6) is 0 Å². The lowest BCUT2D eigenvalue weighted by Crippen LogP contribution is -2.33. The van der Waals surface area contributed by atoms with E-state index in [-0.39, 0.29) is 0 Å². The Morgan fingerprint density at radius 1 is 0.615 bits per heavy atom. The molecular formula is C21H44O4S. The van der Waals surface area contributed by atoms with Crippen molar-refractivity contribution in [3.05, 3.63) is 0 Å². The van der Waals surface area contributed by atoms with Crippen molar-refractivity contribution in [2.75, 3.05) is 0 Å². The summed E-state index contributed by atoms with van der Waals surface area (Å²) in [6, 6.07) is 0. The molecule has 0 aromatic rings. The molecule has 4 nitrogen and oxygen atoms in total. The first-order valence-electron chi connectivity index (χ1n) is 11.1. The van der Waals surface area contributed by atoms with Gasteiger partial charge in [-0.2, -0.15) is 8.42 Å². The predicted molar refractivity (Wildman–Crippen MR) is 111 cm³/mol. The molecule has 0 radical (unpaired) electrons. The van der Waals surface area contributed by atoms with Gasteiger partial charge in [-0.15, -0.1) is 0 Å². The Morgan fingerprint density at radius 3 is 1.35 bits per heavy atom. The van der Waals surface area contributed by atoms with E-state index in [2.05, 4.69) is 6.92 Å². The molecule has 0 aliphatic carbocycles. The Bertz CT molecular complexity index is 395. The van der Waals surface area contributed by atoms with Crippen LogP contribution in [0, 0.1) is 0 Å². The Labute approximate surface area is 162 Å². The minimum Gasteiger partial charge on any atom is -0.392 e. The lowest BCUT2D eigenvalue weighted by Gasteiger charge is -2.19. The van der Waals surface area contributed by atoms with E-state index in [9.17, 15) is 18.1 Å². The zero-order valence-electron chi connectivity index (χ0n) is 17.3. The second-order valence-electron chi connectivity index (χ2n) is 7.79. The van der Waals surface area contributed by atoms with E-state index in [0.717, 1.165) is 19.3 Å². The summed E-state index contributed by atoms with van der Waals surface area (Å²) in [5.41, 5.74) is 0. The molecule has 0 fully saturated rings. The van der Waals surface area contributed by atoms with Crippen LogP contribution in [-0.2, 0) is 10.1 Å². The van der Waals surface area contributed by atoms with Gasteiger partial charge in [0.25, 0.3) is 10.1 Å². The lowest BCUT2D eigenvalue weighted by molar-refractivity contribution is 0.149. The molecule has 0 bridgehead atoms. The summed E-state index contributed by atoms with van der Waals surface area (Å²) in [6.45, 7) is 4.15. The molecule has 0 aliphatic heterocycles. The van der Waals surface area contributed by atoms with Crippen molar-refractivity contribution in [3.8, 4) is 0 Å². The first-order valence-corrected chi connectivity index (χ1v) is 12.6. The third-order valence-electron chi connectivity index (χ3n) is 5.24. The van der Waals surface area contributed by atoms with Crippen LogP contribution in [-0.4, -0.2) is 29.4 Å². The van der Waals surface area contributed by atoms with Crippen molar-refractivity contribution >= 4 is 10.1 Å². The fourth-order valence-corrected chi connectivity index (χ4v) is 4.56. The van der Waals surface area contributed by atoms with Crippen molar-refractivity contribution < 1.29 is 18.1 Å². The van der Waals surface area contributed by atoms with E-state index in [0.29, 0.717) is 19.3 Å². The molecule has 0 saturated heterocycles. The molecule has 5 heteroatoms. The maximum atomic E-state index is 11.4. The average molecular weight is 393 g/mol. The normalized spacial score (nSPS) is 14.5. The van der Waals surface area contributed by atoms with Gasteiger partial charge >= 0.3 is 0 Å². The van der Waals surface area contributed by atoms with Crippen LogP contribution in [0.1, 0.15) is 123 Å². The fraction of sp³-hybridized carbons (Fsp3) is 1.00. The largest absolute Gasteiger partial charge is 0.392 e. The van der Waals surface area contributed by atoms with E-state index in [1.807, 2.05) is 6.92 Å². The molecule has 158 valence electrons. The lowest BCUT2D eigenvalue weighted by atomic mass is 10.0. The quantitative estimate of drug-likeness (QED) is 0.200. The first kappa shape index (κ1) is 25.9. The predicted octanol–water partition coefficient (Wildman–Crippen LogP) is 6.28. The highest BCUT2D eigenvalue weighted by Crippen LogP contribution is 2.19. The summed E-state index contributed by atoms with van der Waals surface area (Å²) < 4.78 is 32.1. The summed E-state index contributed by atoms with van der Waals surface area (Å²) in [6.07, 6.45) is 18.1. The van der Waals surface area contributed by atoms with Crippen molar-refractivity contribution in [1.29, 1.82) is 0 Å². The smallest absolute Gasteiger partial charge is 0.270 e. The maximum absolute atomic E-state index is 11.4. The van der Waals surface area contributed by atoms with Crippen LogP contribution < -0.4 is 0 Å².